The minimum absolute atomic E-state index is 0.172. The number of hydrogen-bond donors (Lipinski definition) is 1. The number of benzene rings is 2. The molecule has 0 fully saturated rings. The zero-order chi connectivity index (χ0) is 27.4. The minimum Gasteiger partial charge on any atom is -0.462 e. The monoisotopic (exact) mass is 593 g/mol. The molecular weight excluding hydrogens is 566 g/mol. The molecule has 0 atom stereocenters. The summed E-state index contributed by atoms with van der Waals surface area (Å²) in [6.07, 6.45) is 0. The number of thiophene rings is 1. The second-order valence-corrected chi connectivity index (χ2v) is 10.4. The van der Waals surface area contributed by atoms with E-state index in [1.165, 1.54) is 0 Å². The highest BCUT2D eigenvalue weighted by Gasteiger charge is 2.29. The van der Waals surface area contributed by atoms with Crippen LogP contribution in [-0.4, -0.2) is 47.4 Å². The molecule has 0 spiro atoms. The molecule has 0 bridgehead atoms. The van der Waals surface area contributed by atoms with Crippen molar-refractivity contribution in [2.24, 2.45) is 0 Å². The molecule has 196 valence electrons. The maximum Gasteiger partial charge on any atom is 0.341 e. The molecule has 2 aromatic carbocycles. The Kier molecular flexibility index (Phi) is 8.58. The maximum atomic E-state index is 13.8. The molecule has 4 aromatic rings. The van der Waals surface area contributed by atoms with Crippen molar-refractivity contribution in [2.75, 3.05) is 25.0 Å². The SMILES string of the molecule is CCOC(=O)c1c(NC(=O)c2cc(-c3cccc(Br)c3)nc3ccccc23)sc(C(=O)N(CC)CC)c1C. The smallest absolute Gasteiger partial charge is 0.341 e. The lowest BCUT2D eigenvalue weighted by atomic mass is 10.0. The molecule has 0 saturated heterocycles. The van der Waals surface area contributed by atoms with Gasteiger partial charge in [-0.1, -0.05) is 46.3 Å². The first kappa shape index (κ1) is 27.5. The first-order chi connectivity index (χ1) is 18.3. The second-order valence-electron chi connectivity index (χ2n) is 8.49. The van der Waals surface area contributed by atoms with Gasteiger partial charge in [-0.3, -0.25) is 9.59 Å². The van der Waals surface area contributed by atoms with Gasteiger partial charge < -0.3 is 15.0 Å². The van der Waals surface area contributed by atoms with E-state index in [9.17, 15) is 14.4 Å². The normalized spacial score (nSPS) is 10.9. The van der Waals surface area contributed by atoms with Crippen LogP contribution in [0.25, 0.3) is 22.2 Å². The van der Waals surface area contributed by atoms with Crippen LogP contribution in [0.4, 0.5) is 5.00 Å². The largest absolute Gasteiger partial charge is 0.462 e. The minimum atomic E-state index is -0.579. The molecule has 4 rings (SSSR count). The van der Waals surface area contributed by atoms with Gasteiger partial charge in [-0.15, -0.1) is 11.3 Å². The molecule has 2 heterocycles. The fourth-order valence-electron chi connectivity index (χ4n) is 4.24. The van der Waals surface area contributed by atoms with Crippen LogP contribution in [-0.2, 0) is 4.74 Å². The number of pyridine rings is 1. The zero-order valence-corrected chi connectivity index (χ0v) is 24.0. The summed E-state index contributed by atoms with van der Waals surface area (Å²) in [5.41, 5.74) is 3.26. The number of rotatable bonds is 8. The third-order valence-electron chi connectivity index (χ3n) is 6.18. The Labute approximate surface area is 234 Å². The van der Waals surface area contributed by atoms with Gasteiger partial charge in [0.25, 0.3) is 11.8 Å². The Morgan fingerprint density at radius 2 is 1.76 bits per heavy atom. The third kappa shape index (κ3) is 5.49. The van der Waals surface area contributed by atoms with E-state index in [2.05, 4.69) is 21.2 Å². The molecule has 0 aliphatic carbocycles. The standard InChI is InChI=1S/C29H28BrN3O4S/c1-5-33(6-2)28(35)25-17(4)24(29(36)37-7-3)27(38-25)32-26(34)21-16-23(18-11-10-12-19(30)15-18)31-22-14-9-8-13-20(21)22/h8-16H,5-7H2,1-4H3,(H,32,34). The van der Waals surface area contributed by atoms with E-state index in [1.54, 1.807) is 24.8 Å². The molecule has 0 aliphatic rings. The summed E-state index contributed by atoms with van der Waals surface area (Å²) in [5.74, 6) is -1.17. The van der Waals surface area contributed by atoms with Crippen LogP contribution in [0.15, 0.2) is 59.1 Å². The molecule has 0 unspecified atom stereocenters. The second kappa shape index (κ2) is 11.9. The molecule has 7 nitrogen and oxygen atoms in total. The average molecular weight is 595 g/mol. The summed E-state index contributed by atoms with van der Waals surface area (Å²) >= 11 is 4.59. The highest BCUT2D eigenvalue weighted by atomic mass is 79.9. The quantitative estimate of drug-likeness (QED) is 0.223. The molecule has 38 heavy (non-hydrogen) atoms. The summed E-state index contributed by atoms with van der Waals surface area (Å²) in [5, 5.41) is 3.87. The Balaban J connectivity index is 1.81. The highest BCUT2D eigenvalue weighted by molar-refractivity contribution is 9.10. The number of nitrogens with one attached hydrogen (secondary N) is 1. The van der Waals surface area contributed by atoms with Gasteiger partial charge in [-0.25, -0.2) is 9.78 Å². The van der Waals surface area contributed by atoms with Crippen LogP contribution in [0.5, 0.6) is 0 Å². The van der Waals surface area contributed by atoms with Crippen LogP contribution in [0.2, 0.25) is 0 Å². The van der Waals surface area contributed by atoms with Crippen LogP contribution >= 0.6 is 27.3 Å². The molecule has 2 amide bonds. The summed E-state index contributed by atoms with van der Waals surface area (Å²) in [6.45, 7) is 8.46. The fourth-order valence-corrected chi connectivity index (χ4v) is 5.80. The number of fused-ring (bicyclic) bond motifs is 1. The van der Waals surface area contributed by atoms with Gasteiger partial charge in [0.05, 0.1) is 33.8 Å². The maximum absolute atomic E-state index is 13.8. The van der Waals surface area contributed by atoms with Crippen LogP contribution < -0.4 is 5.32 Å². The Morgan fingerprint density at radius 1 is 1.03 bits per heavy atom. The van der Waals surface area contributed by atoms with Crippen molar-refractivity contribution in [3.63, 3.8) is 0 Å². The van der Waals surface area contributed by atoms with Gasteiger partial charge >= 0.3 is 5.97 Å². The van der Waals surface area contributed by atoms with Gasteiger partial charge in [-0.2, -0.15) is 0 Å². The van der Waals surface area contributed by atoms with Crippen molar-refractivity contribution < 1.29 is 19.1 Å². The lowest BCUT2D eigenvalue weighted by molar-refractivity contribution is 0.0527. The topological polar surface area (TPSA) is 88.6 Å². The Hall–Kier alpha value is -3.56. The van der Waals surface area contributed by atoms with Crippen molar-refractivity contribution in [1.29, 1.82) is 0 Å². The van der Waals surface area contributed by atoms with E-state index in [4.69, 9.17) is 9.72 Å². The summed E-state index contributed by atoms with van der Waals surface area (Å²) < 4.78 is 6.18. The molecular formula is C29H28BrN3O4S. The Bertz CT molecular complexity index is 1530. The number of esters is 1. The number of anilines is 1. The Morgan fingerprint density at radius 3 is 2.45 bits per heavy atom. The van der Waals surface area contributed by atoms with Gasteiger partial charge in [-0.05, 0) is 57.5 Å². The van der Waals surface area contributed by atoms with Crippen LogP contribution in [0, 0.1) is 6.92 Å². The summed E-state index contributed by atoms with van der Waals surface area (Å²) in [4.78, 5) is 46.7. The number of amides is 2. The van der Waals surface area contributed by atoms with Gasteiger partial charge in [0.1, 0.15) is 5.00 Å². The molecule has 2 aromatic heterocycles. The molecule has 1 N–H and O–H groups in total. The fraction of sp³-hybridized carbons (Fsp3) is 0.241. The van der Waals surface area contributed by atoms with Gasteiger partial charge in [0, 0.05) is 28.5 Å². The van der Waals surface area contributed by atoms with Crippen LogP contribution in [0.1, 0.15) is 56.7 Å². The zero-order valence-electron chi connectivity index (χ0n) is 21.6. The molecule has 0 aliphatic heterocycles. The third-order valence-corrected chi connectivity index (χ3v) is 7.87. The van der Waals surface area contributed by atoms with E-state index >= 15 is 0 Å². The first-order valence-electron chi connectivity index (χ1n) is 12.4. The number of halogens is 1. The number of para-hydroxylation sites is 1. The van der Waals surface area contributed by atoms with E-state index in [0.29, 0.717) is 45.7 Å². The average Bonchev–Trinajstić information content (AvgIpc) is 3.24. The number of aromatic nitrogens is 1. The highest BCUT2D eigenvalue weighted by Crippen LogP contribution is 2.36. The predicted octanol–water partition coefficient (Wildman–Crippen LogP) is 6.95. The lowest BCUT2D eigenvalue weighted by Gasteiger charge is -2.18. The van der Waals surface area contributed by atoms with Crippen molar-refractivity contribution >= 4 is 61.0 Å². The number of carbonyl (C=O) groups excluding carboxylic acids is 3. The van der Waals surface area contributed by atoms with Crippen molar-refractivity contribution in [3.8, 4) is 11.3 Å². The number of hydrogen-bond acceptors (Lipinski definition) is 6. The van der Waals surface area contributed by atoms with E-state index in [1.807, 2.05) is 62.4 Å². The number of carbonyl (C=O) groups is 3. The van der Waals surface area contributed by atoms with E-state index < -0.39 is 11.9 Å². The van der Waals surface area contributed by atoms with Crippen LogP contribution in [0.3, 0.4) is 0 Å². The number of nitrogens with zero attached hydrogens (tertiary/aromatic N) is 2. The van der Waals surface area contributed by atoms with Crippen molar-refractivity contribution in [1.82, 2.24) is 9.88 Å². The summed E-state index contributed by atoms with van der Waals surface area (Å²) in [6, 6.07) is 16.8. The van der Waals surface area contributed by atoms with E-state index in [0.717, 1.165) is 21.4 Å². The summed E-state index contributed by atoms with van der Waals surface area (Å²) in [7, 11) is 0. The number of ether oxygens (including phenoxy) is 1. The first-order valence-corrected chi connectivity index (χ1v) is 14.0. The lowest BCUT2D eigenvalue weighted by Crippen LogP contribution is -2.30. The van der Waals surface area contributed by atoms with Crippen molar-refractivity contribution in [3.05, 3.63) is 80.6 Å². The van der Waals surface area contributed by atoms with Gasteiger partial charge in [0.15, 0.2) is 0 Å². The molecule has 0 radical (unpaired) electrons. The molecule has 0 saturated carbocycles. The van der Waals surface area contributed by atoms with Gasteiger partial charge in [0.2, 0.25) is 0 Å². The van der Waals surface area contributed by atoms with E-state index in [-0.39, 0.29) is 23.1 Å². The van der Waals surface area contributed by atoms with Crippen molar-refractivity contribution in [2.45, 2.75) is 27.7 Å². The predicted molar refractivity (Wildman–Crippen MR) is 155 cm³/mol. The molecule has 9 heteroatoms.